The molecular formula is C26H33N5O. The average Bonchev–Trinajstić information content (AvgIpc) is 3.10. The van der Waals surface area contributed by atoms with Crippen molar-refractivity contribution in [3.8, 4) is 11.1 Å². The van der Waals surface area contributed by atoms with Crippen molar-refractivity contribution in [2.45, 2.75) is 26.9 Å². The van der Waals surface area contributed by atoms with E-state index in [9.17, 15) is 4.79 Å². The van der Waals surface area contributed by atoms with Crippen LogP contribution in [0, 0.1) is 13.8 Å². The lowest BCUT2D eigenvalue weighted by molar-refractivity contribution is -0.132. The highest BCUT2D eigenvalue weighted by molar-refractivity contribution is 5.80. The van der Waals surface area contributed by atoms with Crippen LogP contribution in [0.2, 0.25) is 0 Å². The van der Waals surface area contributed by atoms with Crippen LogP contribution in [0.1, 0.15) is 17.0 Å². The highest BCUT2D eigenvalue weighted by Gasteiger charge is 2.23. The van der Waals surface area contributed by atoms with Gasteiger partial charge in [-0.15, -0.1) is 0 Å². The van der Waals surface area contributed by atoms with Crippen molar-refractivity contribution in [3.05, 3.63) is 71.5 Å². The largest absolute Gasteiger partial charge is 0.367 e. The molecule has 0 spiro atoms. The summed E-state index contributed by atoms with van der Waals surface area (Å²) in [4.78, 5) is 19.4. The van der Waals surface area contributed by atoms with Gasteiger partial charge in [0.05, 0.1) is 5.69 Å². The minimum Gasteiger partial charge on any atom is -0.367 e. The minimum atomic E-state index is 0.139. The van der Waals surface area contributed by atoms with Gasteiger partial charge in [-0.3, -0.25) is 9.48 Å². The number of anilines is 1. The Hall–Kier alpha value is -3.12. The molecule has 2 aromatic carbocycles. The summed E-state index contributed by atoms with van der Waals surface area (Å²) in [6.07, 6.45) is 0. The van der Waals surface area contributed by atoms with Crippen LogP contribution in [0.3, 0.4) is 0 Å². The van der Waals surface area contributed by atoms with Gasteiger partial charge in [-0.1, -0.05) is 42.5 Å². The van der Waals surface area contributed by atoms with Gasteiger partial charge >= 0.3 is 0 Å². The Balaban J connectivity index is 1.43. The van der Waals surface area contributed by atoms with Crippen LogP contribution in [0.15, 0.2) is 54.6 Å². The molecule has 0 bridgehead atoms. The fourth-order valence-electron chi connectivity index (χ4n) is 4.41. The molecule has 6 nitrogen and oxygen atoms in total. The molecule has 0 atom stereocenters. The second kappa shape index (κ2) is 9.57. The molecular weight excluding hydrogens is 398 g/mol. The van der Waals surface area contributed by atoms with E-state index in [0.29, 0.717) is 6.54 Å². The number of rotatable bonds is 6. The number of nitrogens with zero attached hydrogens (tertiary/aromatic N) is 5. The first-order chi connectivity index (χ1) is 15.4. The lowest BCUT2D eigenvalue weighted by atomic mass is 10.0. The highest BCUT2D eigenvalue weighted by atomic mass is 16.2. The van der Waals surface area contributed by atoms with Crippen molar-refractivity contribution in [1.82, 2.24) is 19.6 Å². The van der Waals surface area contributed by atoms with E-state index in [1.54, 1.807) is 4.68 Å². The molecule has 1 aromatic heterocycles. The molecule has 1 saturated heterocycles. The lowest BCUT2D eigenvalue weighted by Gasteiger charge is -2.37. The summed E-state index contributed by atoms with van der Waals surface area (Å²) in [6, 6.07) is 19.4. The van der Waals surface area contributed by atoms with E-state index in [0.717, 1.165) is 44.1 Å². The molecule has 32 heavy (non-hydrogen) atoms. The Bertz CT molecular complexity index is 1060. The fraction of sp³-hybridized carbons (Fsp3) is 0.385. The molecule has 0 aliphatic carbocycles. The van der Waals surface area contributed by atoms with Gasteiger partial charge in [0.25, 0.3) is 0 Å². The summed E-state index contributed by atoms with van der Waals surface area (Å²) in [5.74, 6) is 0.139. The Morgan fingerprint density at radius 1 is 0.969 bits per heavy atom. The Morgan fingerprint density at radius 2 is 1.66 bits per heavy atom. The Kier molecular flexibility index (Phi) is 6.61. The van der Waals surface area contributed by atoms with Crippen molar-refractivity contribution in [2.75, 3.05) is 45.2 Å². The zero-order valence-corrected chi connectivity index (χ0v) is 19.6. The number of piperazine rings is 1. The molecule has 1 amide bonds. The highest BCUT2D eigenvalue weighted by Crippen LogP contribution is 2.31. The number of amides is 1. The van der Waals surface area contributed by atoms with Gasteiger partial charge < -0.3 is 14.7 Å². The molecule has 0 N–H and O–H groups in total. The number of aromatic nitrogens is 2. The smallest absolute Gasteiger partial charge is 0.244 e. The van der Waals surface area contributed by atoms with Crippen LogP contribution in [0.5, 0.6) is 0 Å². The van der Waals surface area contributed by atoms with E-state index in [4.69, 9.17) is 0 Å². The standard InChI is InChI=1S/C26H33N5O/c1-20-17-21(2)31(27-20)19-26(32)30-15-13-29(14-16-30)25-8-6-5-7-24(25)23-11-9-22(10-12-23)18-28(3)4/h5-12,17H,13-16,18-19H2,1-4H3. The SMILES string of the molecule is Cc1cc(C)n(CC(=O)N2CCN(c3ccccc3-c3ccc(CN(C)C)cc3)CC2)n1. The normalized spacial score (nSPS) is 14.3. The van der Waals surface area contributed by atoms with Gasteiger partial charge in [0.2, 0.25) is 5.91 Å². The van der Waals surface area contributed by atoms with E-state index in [1.807, 2.05) is 24.8 Å². The van der Waals surface area contributed by atoms with Crippen molar-refractivity contribution >= 4 is 11.6 Å². The third-order valence-electron chi connectivity index (χ3n) is 6.03. The van der Waals surface area contributed by atoms with E-state index in [2.05, 4.69) is 77.5 Å². The molecule has 1 aliphatic rings. The van der Waals surface area contributed by atoms with Gasteiger partial charge in [-0.05, 0) is 51.2 Å². The number of hydrogen-bond acceptors (Lipinski definition) is 4. The summed E-state index contributed by atoms with van der Waals surface area (Å²) >= 11 is 0. The number of benzene rings is 2. The second-order valence-corrected chi connectivity index (χ2v) is 8.90. The molecule has 4 rings (SSSR count). The first kappa shape index (κ1) is 22.1. The van der Waals surface area contributed by atoms with Crippen LogP contribution < -0.4 is 4.90 Å². The van der Waals surface area contributed by atoms with E-state index >= 15 is 0 Å². The summed E-state index contributed by atoms with van der Waals surface area (Å²) in [5, 5.41) is 4.43. The fourth-order valence-corrected chi connectivity index (χ4v) is 4.41. The van der Waals surface area contributed by atoms with Crippen molar-refractivity contribution < 1.29 is 4.79 Å². The predicted molar refractivity (Wildman–Crippen MR) is 130 cm³/mol. The van der Waals surface area contributed by atoms with Crippen molar-refractivity contribution in [3.63, 3.8) is 0 Å². The Morgan fingerprint density at radius 3 is 2.28 bits per heavy atom. The van der Waals surface area contributed by atoms with Crippen molar-refractivity contribution in [2.24, 2.45) is 0 Å². The maximum Gasteiger partial charge on any atom is 0.244 e. The maximum atomic E-state index is 12.8. The van der Waals surface area contributed by atoms with Crippen LogP contribution in [0.4, 0.5) is 5.69 Å². The van der Waals surface area contributed by atoms with Crippen molar-refractivity contribution in [1.29, 1.82) is 0 Å². The molecule has 1 fully saturated rings. The van der Waals surface area contributed by atoms with Gasteiger partial charge in [0.1, 0.15) is 6.54 Å². The number of para-hydroxylation sites is 1. The zero-order valence-electron chi connectivity index (χ0n) is 19.6. The van der Waals surface area contributed by atoms with Gasteiger partial charge in [-0.2, -0.15) is 5.10 Å². The quantitative estimate of drug-likeness (QED) is 0.599. The van der Waals surface area contributed by atoms with Gasteiger partial charge in [-0.25, -0.2) is 0 Å². The number of carbonyl (C=O) groups is 1. The summed E-state index contributed by atoms with van der Waals surface area (Å²) < 4.78 is 1.80. The monoisotopic (exact) mass is 431 g/mol. The third-order valence-corrected chi connectivity index (χ3v) is 6.03. The molecule has 6 heteroatoms. The molecule has 0 saturated carbocycles. The minimum absolute atomic E-state index is 0.139. The van der Waals surface area contributed by atoms with E-state index < -0.39 is 0 Å². The third kappa shape index (κ3) is 5.02. The second-order valence-electron chi connectivity index (χ2n) is 8.90. The molecule has 0 unspecified atom stereocenters. The van der Waals surface area contributed by atoms with Crippen LogP contribution >= 0.6 is 0 Å². The summed E-state index contributed by atoms with van der Waals surface area (Å²) in [5.41, 5.74) is 6.99. The number of aryl methyl sites for hydroxylation is 2. The van der Waals surface area contributed by atoms with Crippen LogP contribution in [0.25, 0.3) is 11.1 Å². The topological polar surface area (TPSA) is 44.6 Å². The van der Waals surface area contributed by atoms with E-state index in [1.165, 1.54) is 22.4 Å². The number of hydrogen-bond donors (Lipinski definition) is 0. The molecule has 168 valence electrons. The van der Waals surface area contributed by atoms with Crippen LogP contribution in [-0.4, -0.2) is 65.8 Å². The predicted octanol–water partition coefficient (Wildman–Crippen LogP) is 3.58. The van der Waals surface area contributed by atoms with Crippen LogP contribution in [-0.2, 0) is 17.9 Å². The average molecular weight is 432 g/mol. The molecule has 1 aliphatic heterocycles. The molecule has 3 aromatic rings. The van der Waals surface area contributed by atoms with E-state index in [-0.39, 0.29) is 5.91 Å². The van der Waals surface area contributed by atoms with Gasteiger partial charge in [0, 0.05) is 49.7 Å². The lowest BCUT2D eigenvalue weighted by Crippen LogP contribution is -2.49. The summed E-state index contributed by atoms with van der Waals surface area (Å²) in [6.45, 7) is 8.33. The zero-order chi connectivity index (χ0) is 22.7. The molecule has 2 heterocycles. The first-order valence-electron chi connectivity index (χ1n) is 11.3. The van der Waals surface area contributed by atoms with Gasteiger partial charge in [0.15, 0.2) is 0 Å². The Labute approximate surface area is 191 Å². The molecule has 0 radical (unpaired) electrons. The maximum absolute atomic E-state index is 12.8. The number of carbonyl (C=O) groups excluding carboxylic acids is 1. The summed E-state index contributed by atoms with van der Waals surface area (Å²) in [7, 11) is 4.18. The first-order valence-corrected chi connectivity index (χ1v) is 11.3.